The van der Waals surface area contributed by atoms with Crippen LogP contribution in [0.25, 0.3) is 0 Å². The number of fused-ring (bicyclic) bond motifs is 1. The van der Waals surface area contributed by atoms with E-state index in [4.69, 9.17) is 15.2 Å². The number of carbonyl (C=O) groups is 2. The molecule has 2 aromatic carbocycles. The Hall–Kier alpha value is -2.71. The molecular weight excluding hydrogens is 414 g/mol. The van der Waals surface area contributed by atoms with Crippen molar-refractivity contribution in [3.63, 3.8) is 0 Å². The molecule has 7 nitrogen and oxygen atoms in total. The number of hydrogen-bond donors (Lipinski definition) is 2. The van der Waals surface area contributed by atoms with Gasteiger partial charge in [-0.05, 0) is 49.2 Å². The van der Waals surface area contributed by atoms with E-state index in [2.05, 4.69) is 10.2 Å². The van der Waals surface area contributed by atoms with Gasteiger partial charge in [-0.3, -0.25) is 14.5 Å². The number of nitrogens with zero attached hydrogens (tertiary/aromatic N) is 1. The molecule has 1 fully saturated rings. The molecule has 3 N–H and O–H groups in total. The Bertz CT molecular complexity index is 952. The summed E-state index contributed by atoms with van der Waals surface area (Å²) >= 11 is 1.46. The van der Waals surface area contributed by atoms with Crippen LogP contribution in [-0.2, 0) is 16.1 Å². The molecule has 0 radical (unpaired) electrons. The van der Waals surface area contributed by atoms with E-state index in [0.717, 1.165) is 47.0 Å². The third-order valence-corrected chi connectivity index (χ3v) is 6.47. The van der Waals surface area contributed by atoms with Crippen LogP contribution in [0.2, 0.25) is 0 Å². The molecule has 2 aliphatic rings. The highest BCUT2D eigenvalue weighted by Gasteiger charge is 2.24. The van der Waals surface area contributed by atoms with Crippen molar-refractivity contribution >= 4 is 29.3 Å². The average molecular weight is 442 g/mol. The van der Waals surface area contributed by atoms with Crippen LogP contribution in [0.5, 0.6) is 11.5 Å². The number of ether oxygens (including phenoxy) is 2. The smallest absolute Gasteiger partial charge is 0.234 e. The van der Waals surface area contributed by atoms with Gasteiger partial charge in [0.2, 0.25) is 11.8 Å². The summed E-state index contributed by atoms with van der Waals surface area (Å²) in [6.45, 7) is 3.36. The minimum atomic E-state index is -0.234. The lowest BCUT2D eigenvalue weighted by atomic mass is 9.97. The number of amides is 2. The zero-order valence-corrected chi connectivity index (χ0v) is 18.2. The third-order valence-electron chi connectivity index (χ3n) is 5.48. The maximum absolute atomic E-state index is 12.6. The number of rotatable bonds is 7. The first-order chi connectivity index (χ1) is 15.1. The molecule has 164 valence electrons. The SMILES string of the molecule is NC(=O)C1CCCN(Cc2ccccc2NC(=O)CSc2ccc3c(c2)OCCO3)C1. The topological polar surface area (TPSA) is 93.9 Å². The van der Waals surface area contributed by atoms with E-state index in [1.807, 2.05) is 42.5 Å². The quantitative estimate of drug-likeness (QED) is 0.642. The molecule has 2 amide bonds. The molecule has 2 aromatic rings. The number of anilines is 1. The number of nitrogens with one attached hydrogen (secondary N) is 1. The predicted molar refractivity (Wildman–Crippen MR) is 120 cm³/mol. The fourth-order valence-corrected chi connectivity index (χ4v) is 4.63. The summed E-state index contributed by atoms with van der Waals surface area (Å²) in [7, 11) is 0. The Labute approximate surface area is 186 Å². The molecule has 0 aliphatic carbocycles. The summed E-state index contributed by atoms with van der Waals surface area (Å²) in [6, 6.07) is 13.5. The minimum absolute atomic E-state index is 0.0685. The highest BCUT2D eigenvalue weighted by Crippen LogP contribution is 2.34. The van der Waals surface area contributed by atoms with Crippen LogP contribution in [0.4, 0.5) is 5.69 Å². The maximum Gasteiger partial charge on any atom is 0.234 e. The van der Waals surface area contributed by atoms with E-state index in [-0.39, 0.29) is 17.7 Å². The first-order valence-electron chi connectivity index (χ1n) is 10.5. The second-order valence-corrected chi connectivity index (χ2v) is 8.82. The molecular formula is C23H27N3O4S. The fraction of sp³-hybridized carbons (Fsp3) is 0.391. The number of primary amides is 1. The second-order valence-electron chi connectivity index (χ2n) is 7.78. The summed E-state index contributed by atoms with van der Waals surface area (Å²) in [6.07, 6.45) is 1.80. The molecule has 1 atom stereocenters. The van der Waals surface area contributed by atoms with Crippen molar-refractivity contribution in [2.75, 3.05) is 37.4 Å². The van der Waals surface area contributed by atoms with Crippen molar-refractivity contribution < 1.29 is 19.1 Å². The van der Waals surface area contributed by atoms with Gasteiger partial charge in [0.05, 0.1) is 11.7 Å². The number of thioether (sulfide) groups is 1. The zero-order chi connectivity index (χ0) is 21.6. The fourth-order valence-electron chi connectivity index (χ4n) is 3.90. The summed E-state index contributed by atoms with van der Waals surface area (Å²) in [5, 5.41) is 3.03. The highest BCUT2D eigenvalue weighted by atomic mass is 32.2. The third kappa shape index (κ3) is 5.71. The summed E-state index contributed by atoms with van der Waals surface area (Å²) in [4.78, 5) is 27.3. The Balaban J connectivity index is 1.34. The van der Waals surface area contributed by atoms with Crippen molar-refractivity contribution in [3.05, 3.63) is 48.0 Å². The standard InChI is InChI=1S/C23H27N3O4S/c24-23(28)17-5-3-9-26(14-17)13-16-4-1-2-6-19(16)25-22(27)15-31-18-7-8-20-21(12-18)30-11-10-29-20/h1-2,4,6-8,12,17H,3,5,9-11,13-15H2,(H2,24,28)(H,25,27). The van der Waals surface area contributed by atoms with Gasteiger partial charge >= 0.3 is 0 Å². The Morgan fingerprint density at radius 1 is 1.13 bits per heavy atom. The summed E-state index contributed by atoms with van der Waals surface area (Å²) in [5.41, 5.74) is 7.33. The molecule has 0 aromatic heterocycles. The number of likely N-dealkylation sites (tertiary alicyclic amines) is 1. The van der Waals surface area contributed by atoms with Crippen LogP contribution in [0.3, 0.4) is 0 Å². The molecule has 2 aliphatic heterocycles. The van der Waals surface area contributed by atoms with Crippen LogP contribution in [-0.4, -0.2) is 48.8 Å². The van der Waals surface area contributed by atoms with Crippen LogP contribution >= 0.6 is 11.8 Å². The molecule has 0 saturated carbocycles. The van der Waals surface area contributed by atoms with Gasteiger partial charge in [0.1, 0.15) is 13.2 Å². The molecule has 1 unspecified atom stereocenters. The lowest BCUT2D eigenvalue weighted by Crippen LogP contribution is -2.40. The monoisotopic (exact) mass is 441 g/mol. The van der Waals surface area contributed by atoms with Gasteiger partial charge in [0, 0.05) is 23.7 Å². The molecule has 0 bridgehead atoms. The highest BCUT2D eigenvalue weighted by molar-refractivity contribution is 8.00. The van der Waals surface area contributed by atoms with Crippen molar-refractivity contribution in [1.82, 2.24) is 4.90 Å². The zero-order valence-electron chi connectivity index (χ0n) is 17.3. The Morgan fingerprint density at radius 2 is 1.94 bits per heavy atom. The van der Waals surface area contributed by atoms with Gasteiger partial charge in [-0.25, -0.2) is 0 Å². The van der Waals surface area contributed by atoms with Crippen LogP contribution in [0, 0.1) is 5.92 Å². The summed E-state index contributed by atoms with van der Waals surface area (Å²) < 4.78 is 11.1. The Morgan fingerprint density at radius 3 is 2.77 bits per heavy atom. The molecule has 4 rings (SSSR count). The number of piperidine rings is 1. The van der Waals surface area contributed by atoms with Gasteiger partial charge in [0.15, 0.2) is 11.5 Å². The number of carbonyl (C=O) groups excluding carboxylic acids is 2. The van der Waals surface area contributed by atoms with Crippen LogP contribution < -0.4 is 20.5 Å². The number of hydrogen-bond acceptors (Lipinski definition) is 6. The van der Waals surface area contributed by atoms with E-state index >= 15 is 0 Å². The molecule has 1 saturated heterocycles. The van der Waals surface area contributed by atoms with E-state index in [1.165, 1.54) is 11.8 Å². The molecule has 2 heterocycles. The number of para-hydroxylation sites is 1. The molecule has 8 heteroatoms. The van der Waals surface area contributed by atoms with Gasteiger partial charge in [-0.2, -0.15) is 0 Å². The first kappa shape index (κ1) is 21.5. The van der Waals surface area contributed by atoms with Crippen molar-refractivity contribution in [2.45, 2.75) is 24.3 Å². The van der Waals surface area contributed by atoms with Crippen molar-refractivity contribution in [1.29, 1.82) is 0 Å². The van der Waals surface area contributed by atoms with Crippen molar-refractivity contribution in [3.8, 4) is 11.5 Å². The van der Waals surface area contributed by atoms with E-state index in [9.17, 15) is 9.59 Å². The normalized spacial score (nSPS) is 18.4. The van der Waals surface area contributed by atoms with E-state index in [0.29, 0.717) is 32.1 Å². The number of nitrogens with two attached hydrogens (primary N) is 1. The van der Waals surface area contributed by atoms with Crippen LogP contribution in [0.15, 0.2) is 47.4 Å². The van der Waals surface area contributed by atoms with Gasteiger partial charge in [0.25, 0.3) is 0 Å². The molecule has 0 spiro atoms. The lowest BCUT2D eigenvalue weighted by molar-refractivity contribution is -0.123. The van der Waals surface area contributed by atoms with E-state index < -0.39 is 0 Å². The first-order valence-corrected chi connectivity index (χ1v) is 11.5. The minimum Gasteiger partial charge on any atom is -0.486 e. The van der Waals surface area contributed by atoms with Crippen LogP contribution in [0.1, 0.15) is 18.4 Å². The van der Waals surface area contributed by atoms with E-state index in [1.54, 1.807) is 0 Å². The van der Waals surface area contributed by atoms with Gasteiger partial charge < -0.3 is 20.5 Å². The predicted octanol–water partition coefficient (Wildman–Crippen LogP) is 2.89. The van der Waals surface area contributed by atoms with Gasteiger partial charge in [-0.1, -0.05) is 18.2 Å². The maximum atomic E-state index is 12.6. The van der Waals surface area contributed by atoms with Gasteiger partial charge in [-0.15, -0.1) is 11.8 Å². The molecule has 31 heavy (non-hydrogen) atoms. The lowest BCUT2D eigenvalue weighted by Gasteiger charge is -2.31. The largest absolute Gasteiger partial charge is 0.486 e. The average Bonchev–Trinajstić information content (AvgIpc) is 2.79. The number of benzene rings is 2. The summed E-state index contributed by atoms with van der Waals surface area (Å²) in [5.74, 6) is 1.35. The second kappa shape index (κ2) is 10.1. The Kier molecular flexibility index (Phi) is 6.99. The van der Waals surface area contributed by atoms with Crippen molar-refractivity contribution in [2.24, 2.45) is 11.7 Å².